The van der Waals surface area contributed by atoms with Gasteiger partial charge in [0.25, 0.3) is 0 Å². The Hall–Kier alpha value is -0.260. The van der Waals surface area contributed by atoms with Gasteiger partial charge in [0.15, 0.2) is 0 Å². The third-order valence-corrected chi connectivity index (χ3v) is 3.45. The van der Waals surface area contributed by atoms with E-state index in [0.29, 0.717) is 0 Å². The van der Waals surface area contributed by atoms with E-state index < -0.39 is 0 Å². The van der Waals surface area contributed by atoms with Crippen LogP contribution in [0.15, 0.2) is 12.2 Å². The average molecular weight is 196 g/mol. The van der Waals surface area contributed by atoms with Gasteiger partial charge in [-0.15, -0.1) is 6.58 Å². The maximum absolute atomic E-state index is 3.96. The van der Waals surface area contributed by atoms with Crippen LogP contribution in [0.3, 0.4) is 0 Å². The Morgan fingerprint density at radius 2 is 1.71 bits per heavy atom. The van der Waals surface area contributed by atoms with Crippen LogP contribution in [-0.2, 0) is 0 Å². The van der Waals surface area contributed by atoms with Crippen molar-refractivity contribution >= 4 is 0 Å². The Morgan fingerprint density at radius 1 is 1.14 bits per heavy atom. The summed E-state index contributed by atoms with van der Waals surface area (Å²) in [5.74, 6) is 2.61. The molecule has 0 aliphatic rings. The third kappa shape index (κ3) is 6.23. The predicted molar refractivity (Wildman–Crippen MR) is 66.4 cm³/mol. The molecule has 0 aromatic carbocycles. The molecule has 84 valence electrons. The molecule has 0 nitrogen and oxygen atoms in total. The first-order chi connectivity index (χ1) is 6.47. The smallest absolute Gasteiger partial charge is 0.0323 e. The molecular weight excluding hydrogens is 168 g/mol. The highest BCUT2D eigenvalue weighted by atomic mass is 14.2. The van der Waals surface area contributed by atoms with Crippen molar-refractivity contribution < 1.29 is 0 Å². The van der Waals surface area contributed by atoms with Gasteiger partial charge in [0.05, 0.1) is 0 Å². The zero-order valence-electron chi connectivity index (χ0n) is 10.8. The highest BCUT2D eigenvalue weighted by molar-refractivity contribution is 4.87. The van der Waals surface area contributed by atoms with E-state index in [9.17, 15) is 0 Å². The maximum Gasteiger partial charge on any atom is -0.0323 e. The third-order valence-electron chi connectivity index (χ3n) is 3.45. The maximum atomic E-state index is 3.96. The van der Waals surface area contributed by atoms with E-state index in [1.54, 1.807) is 0 Å². The highest BCUT2D eigenvalue weighted by Gasteiger charge is 2.13. The van der Waals surface area contributed by atoms with Gasteiger partial charge >= 0.3 is 0 Å². The average Bonchev–Trinajstić information content (AvgIpc) is 2.13. The molecule has 0 saturated heterocycles. The number of hydrogen-bond donors (Lipinski definition) is 0. The first kappa shape index (κ1) is 13.7. The summed E-state index contributed by atoms with van der Waals surface area (Å²) >= 11 is 0. The fraction of sp³-hybridized carbons (Fsp3) is 0.857. The summed E-state index contributed by atoms with van der Waals surface area (Å²) in [4.78, 5) is 0. The van der Waals surface area contributed by atoms with Gasteiger partial charge in [0, 0.05) is 0 Å². The molecule has 0 heterocycles. The Kier molecular flexibility index (Phi) is 6.96. The van der Waals surface area contributed by atoms with Crippen molar-refractivity contribution in [3.05, 3.63) is 12.2 Å². The van der Waals surface area contributed by atoms with Crippen LogP contribution in [0.5, 0.6) is 0 Å². The lowest BCUT2D eigenvalue weighted by atomic mass is 9.84. The van der Waals surface area contributed by atoms with Gasteiger partial charge in [-0.25, -0.2) is 0 Å². The lowest BCUT2D eigenvalue weighted by molar-refractivity contribution is 0.299. The molecular formula is C14H28. The molecule has 0 aliphatic heterocycles. The second-order valence-corrected chi connectivity index (χ2v) is 5.20. The van der Waals surface area contributed by atoms with Gasteiger partial charge in [-0.05, 0) is 43.9 Å². The Bertz CT molecular complexity index is 157. The summed E-state index contributed by atoms with van der Waals surface area (Å²) in [7, 11) is 0. The summed E-state index contributed by atoms with van der Waals surface area (Å²) in [5.41, 5.74) is 1.33. The van der Waals surface area contributed by atoms with Gasteiger partial charge in [0.2, 0.25) is 0 Å². The highest BCUT2D eigenvalue weighted by Crippen LogP contribution is 2.25. The fourth-order valence-corrected chi connectivity index (χ4v) is 1.88. The molecule has 0 radical (unpaired) electrons. The van der Waals surface area contributed by atoms with Crippen molar-refractivity contribution in [2.24, 2.45) is 17.8 Å². The SMILES string of the molecule is C=C(C)CCC(C)CC(C)C(C)CC. The van der Waals surface area contributed by atoms with Crippen molar-refractivity contribution in [3.63, 3.8) is 0 Å². The standard InChI is InChI=1S/C14H28/c1-7-13(5)14(6)10-12(4)9-8-11(2)3/h12-14H,2,7-10H2,1,3-6H3. The molecule has 0 rings (SSSR count). The van der Waals surface area contributed by atoms with Crippen LogP contribution in [0.25, 0.3) is 0 Å². The fourth-order valence-electron chi connectivity index (χ4n) is 1.88. The van der Waals surface area contributed by atoms with Crippen molar-refractivity contribution in [2.45, 2.75) is 60.3 Å². The van der Waals surface area contributed by atoms with Crippen LogP contribution in [0.4, 0.5) is 0 Å². The molecule has 3 atom stereocenters. The monoisotopic (exact) mass is 196 g/mol. The molecule has 0 fully saturated rings. The summed E-state index contributed by atoms with van der Waals surface area (Å²) in [6.45, 7) is 15.5. The van der Waals surface area contributed by atoms with Gasteiger partial charge < -0.3 is 0 Å². The van der Waals surface area contributed by atoms with Crippen molar-refractivity contribution in [2.75, 3.05) is 0 Å². The first-order valence-corrected chi connectivity index (χ1v) is 6.11. The summed E-state index contributed by atoms with van der Waals surface area (Å²) < 4.78 is 0. The predicted octanol–water partition coefficient (Wildman–Crippen LogP) is 5.05. The minimum atomic E-state index is 0.857. The molecule has 0 saturated carbocycles. The quantitative estimate of drug-likeness (QED) is 0.500. The molecule has 0 aliphatic carbocycles. The van der Waals surface area contributed by atoms with Crippen LogP contribution in [0, 0.1) is 17.8 Å². The van der Waals surface area contributed by atoms with Crippen LogP contribution < -0.4 is 0 Å². The zero-order valence-corrected chi connectivity index (χ0v) is 10.8. The van der Waals surface area contributed by atoms with E-state index in [1.165, 1.54) is 31.3 Å². The summed E-state index contributed by atoms with van der Waals surface area (Å²) in [6.07, 6.45) is 5.21. The molecule has 0 spiro atoms. The molecule has 0 aromatic heterocycles. The molecule has 0 amide bonds. The van der Waals surface area contributed by atoms with Crippen LogP contribution in [-0.4, -0.2) is 0 Å². The van der Waals surface area contributed by atoms with E-state index in [4.69, 9.17) is 0 Å². The molecule has 0 heteroatoms. The molecule has 14 heavy (non-hydrogen) atoms. The summed E-state index contributed by atoms with van der Waals surface area (Å²) in [6, 6.07) is 0. The van der Waals surface area contributed by atoms with Crippen molar-refractivity contribution in [1.29, 1.82) is 0 Å². The molecule has 0 bridgehead atoms. The van der Waals surface area contributed by atoms with E-state index >= 15 is 0 Å². The van der Waals surface area contributed by atoms with Gasteiger partial charge in [0.1, 0.15) is 0 Å². The molecule has 0 N–H and O–H groups in total. The second-order valence-electron chi connectivity index (χ2n) is 5.20. The Morgan fingerprint density at radius 3 is 2.14 bits per heavy atom. The second kappa shape index (κ2) is 7.09. The lowest BCUT2D eigenvalue weighted by Crippen LogP contribution is -2.11. The van der Waals surface area contributed by atoms with E-state index in [1.807, 2.05) is 0 Å². The van der Waals surface area contributed by atoms with Crippen LogP contribution in [0.2, 0.25) is 0 Å². The number of rotatable bonds is 7. The minimum absolute atomic E-state index is 0.857. The number of hydrogen-bond acceptors (Lipinski definition) is 0. The zero-order chi connectivity index (χ0) is 11.1. The largest absolute Gasteiger partial charge is 0.100 e. The van der Waals surface area contributed by atoms with Crippen molar-refractivity contribution in [1.82, 2.24) is 0 Å². The molecule has 0 aromatic rings. The van der Waals surface area contributed by atoms with E-state index in [-0.39, 0.29) is 0 Å². The van der Waals surface area contributed by atoms with E-state index in [2.05, 4.69) is 41.2 Å². The van der Waals surface area contributed by atoms with Gasteiger partial charge in [-0.1, -0.05) is 39.7 Å². The van der Waals surface area contributed by atoms with E-state index in [0.717, 1.165) is 17.8 Å². The topological polar surface area (TPSA) is 0 Å². The van der Waals surface area contributed by atoms with Gasteiger partial charge in [-0.3, -0.25) is 0 Å². The lowest BCUT2D eigenvalue weighted by Gasteiger charge is -2.22. The van der Waals surface area contributed by atoms with Crippen molar-refractivity contribution in [3.8, 4) is 0 Å². The Balaban J connectivity index is 3.70. The van der Waals surface area contributed by atoms with Crippen LogP contribution in [0.1, 0.15) is 60.3 Å². The number of allylic oxidation sites excluding steroid dienone is 1. The normalized spacial score (nSPS) is 17.5. The minimum Gasteiger partial charge on any atom is -0.100 e. The first-order valence-electron chi connectivity index (χ1n) is 6.11. The van der Waals surface area contributed by atoms with Gasteiger partial charge in [-0.2, -0.15) is 0 Å². The molecule has 3 unspecified atom stereocenters. The summed E-state index contributed by atoms with van der Waals surface area (Å²) in [5, 5.41) is 0. The van der Waals surface area contributed by atoms with Crippen LogP contribution >= 0.6 is 0 Å². The Labute approximate surface area is 90.8 Å².